The van der Waals surface area contributed by atoms with Gasteiger partial charge in [0.1, 0.15) is 5.75 Å². The molecule has 1 aromatic heterocycles. The van der Waals surface area contributed by atoms with Gasteiger partial charge in [-0.25, -0.2) is 0 Å². The number of amides is 1. The van der Waals surface area contributed by atoms with Gasteiger partial charge in [-0.1, -0.05) is 49.7 Å². The van der Waals surface area contributed by atoms with Crippen LogP contribution in [-0.2, 0) is 19.4 Å². The molecule has 218 valence electrons. The van der Waals surface area contributed by atoms with Crippen molar-refractivity contribution in [3.8, 4) is 16.9 Å². The number of methoxy groups -OCH3 is 1. The number of unbranched alkanes of at least 4 members (excludes halogenated alkanes) is 1. The molecule has 6 heteroatoms. The van der Waals surface area contributed by atoms with Gasteiger partial charge in [0.05, 0.1) is 19.2 Å². The van der Waals surface area contributed by atoms with E-state index in [2.05, 4.69) is 18.3 Å². The van der Waals surface area contributed by atoms with Crippen molar-refractivity contribution < 1.29 is 19.4 Å². The summed E-state index contributed by atoms with van der Waals surface area (Å²) in [6, 6.07) is 17.9. The van der Waals surface area contributed by atoms with Crippen molar-refractivity contribution in [2.45, 2.75) is 65.4 Å². The second-order valence-electron chi connectivity index (χ2n) is 11.4. The molecule has 42 heavy (non-hydrogen) atoms. The minimum atomic E-state index is -0.0599. The van der Waals surface area contributed by atoms with Crippen LogP contribution in [0.1, 0.15) is 82.0 Å². The molecule has 0 unspecified atom stereocenters. The number of aliphatic hydroxyl groups excluding tert-OH is 1. The van der Waals surface area contributed by atoms with E-state index in [0.29, 0.717) is 42.2 Å². The molecule has 2 N–H and O–H groups in total. The molecule has 1 amide bonds. The lowest BCUT2D eigenvalue weighted by atomic mass is 9.91. The topological polar surface area (TPSA) is 88.5 Å². The number of ketones is 1. The summed E-state index contributed by atoms with van der Waals surface area (Å²) in [4.78, 5) is 30.9. The van der Waals surface area contributed by atoms with Crippen molar-refractivity contribution in [3.63, 3.8) is 0 Å². The van der Waals surface area contributed by atoms with Crippen molar-refractivity contribution in [1.29, 1.82) is 0 Å². The van der Waals surface area contributed by atoms with Gasteiger partial charge in [0.2, 0.25) is 0 Å². The number of aromatic nitrogens is 1. The van der Waals surface area contributed by atoms with Gasteiger partial charge in [0.25, 0.3) is 5.91 Å². The monoisotopic (exact) mass is 564 g/mol. The summed E-state index contributed by atoms with van der Waals surface area (Å²) in [7, 11) is 1.65. The summed E-state index contributed by atoms with van der Waals surface area (Å²) in [6.07, 6.45) is 7.97. The van der Waals surface area contributed by atoms with Gasteiger partial charge in [0, 0.05) is 47.3 Å². The molecule has 0 spiro atoms. The van der Waals surface area contributed by atoms with Gasteiger partial charge in [-0.05, 0) is 84.9 Å². The SMILES string of the molecule is CCCCNC(=O)c1ccc(-c2cc3c(CCc4ccc(CO)cc4)c(C(=O)CC4CC4)cnc3cc2OC)cc1C. The summed E-state index contributed by atoms with van der Waals surface area (Å²) in [5.74, 6) is 1.27. The number of Topliss-reactive ketones (excluding diaryl/α,β-unsaturated/α-hetero) is 1. The Morgan fingerprint density at radius 3 is 2.43 bits per heavy atom. The molecule has 0 saturated heterocycles. The third-order valence-electron chi connectivity index (χ3n) is 8.24. The minimum absolute atomic E-state index is 0.0175. The number of hydrogen-bond acceptors (Lipinski definition) is 5. The number of fused-ring (bicyclic) bond motifs is 1. The number of ether oxygens (including phenoxy) is 1. The molecule has 0 radical (unpaired) electrons. The van der Waals surface area contributed by atoms with Crippen molar-refractivity contribution in [1.82, 2.24) is 10.3 Å². The maximum Gasteiger partial charge on any atom is 0.251 e. The van der Waals surface area contributed by atoms with Crippen molar-refractivity contribution >= 4 is 22.6 Å². The highest BCUT2D eigenvalue weighted by atomic mass is 16.5. The van der Waals surface area contributed by atoms with E-state index in [0.717, 1.165) is 76.4 Å². The largest absolute Gasteiger partial charge is 0.496 e. The van der Waals surface area contributed by atoms with Gasteiger partial charge in [-0.2, -0.15) is 0 Å². The number of carbonyl (C=O) groups excluding carboxylic acids is 2. The molecule has 1 saturated carbocycles. The molecule has 6 nitrogen and oxygen atoms in total. The van der Waals surface area contributed by atoms with Crippen molar-refractivity contribution in [2.24, 2.45) is 5.92 Å². The Balaban J connectivity index is 1.55. The molecule has 3 aromatic carbocycles. The minimum Gasteiger partial charge on any atom is -0.496 e. The number of hydrogen-bond donors (Lipinski definition) is 2. The van der Waals surface area contributed by atoms with Crippen LogP contribution in [0, 0.1) is 12.8 Å². The maximum atomic E-state index is 13.4. The Hall–Kier alpha value is -4.03. The second-order valence-corrected chi connectivity index (χ2v) is 11.4. The average molecular weight is 565 g/mol. The smallest absolute Gasteiger partial charge is 0.251 e. The lowest BCUT2D eigenvalue weighted by Gasteiger charge is -2.17. The Morgan fingerprint density at radius 1 is 1.00 bits per heavy atom. The van der Waals surface area contributed by atoms with E-state index in [1.165, 1.54) is 0 Å². The molecule has 0 aliphatic heterocycles. The molecule has 4 aromatic rings. The van der Waals surface area contributed by atoms with Gasteiger partial charge in [0.15, 0.2) is 5.78 Å². The number of nitrogens with zero attached hydrogens (tertiary/aromatic N) is 1. The number of rotatable bonds is 13. The lowest BCUT2D eigenvalue weighted by molar-refractivity contribution is 0.0950. The van der Waals surface area contributed by atoms with E-state index in [-0.39, 0.29) is 18.3 Å². The van der Waals surface area contributed by atoms with Crippen LogP contribution in [-0.4, -0.2) is 35.4 Å². The van der Waals surface area contributed by atoms with E-state index >= 15 is 0 Å². The zero-order chi connectivity index (χ0) is 29.6. The van der Waals surface area contributed by atoms with Crippen LogP contribution in [0.3, 0.4) is 0 Å². The number of benzene rings is 3. The summed E-state index contributed by atoms with van der Waals surface area (Å²) >= 11 is 0. The average Bonchev–Trinajstić information content (AvgIpc) is 3.83. The molecular weight excluding hydrogens is 524 g/mol. The van der Waals surface area contributed by atoms with Gasteiger partial charge in [-0.3, -0.25) is 14.6 Å². The van der Waals surface area contributed by atoms with Gasteiger partial charge < -0.3 is 15.2 Å². The predicted molar refractivity (Wildman–Crippen MR) is 167 cm³/mol. The van der Waals surface area contributed by atoms with Crippen LogP contribution >= 0.6 is 0 Å². The maximum absolute atomic E-state index is 13.4. The van der Waals surface area contributed by atoms with E-state index in [9.17, 15) is 14.7 Å². The zero-order valence-corrected chi connectivity index (χ0v) is 24.8. The highest BCUT2D eigenvalue weighted by Crippen LogP contribution is 2.38. The molecule has 1 heterocycles. The molecule has 1 fully saturated rings. The molecular formula is C36H40N2O4. The van der Waals surface area contributed by atoms with E-state index in [1.54, 1.807) is 13.3 Å². The first-order valence-corrected chi connectivity index (χ1v) is 15.0. The van der Waals surface area contributed by atoms with Crippen molar-refractivity contribution in [2.75, 3.05) is 13.7 Å². The standard InChI is InChI=1S/C36H40N2O4/c1-4-5-16-37-36(41)28-15-13-27(17-23(28)2)30-19-31-29(14-12-24-6-10-26(22-39)11-7-24)32(34(40)18-25-8-9-25)21-38-33(31)20-35(30)42-3/h6-7,10-11,13,15,17,19-21,25,39H,4-5,8-9,12,14,16,18,22H2,1-3H3,(H,37,41). The Kier molecular flexibility index (Phi) is 9.33. The van der Waals surface area contributed by atoms with Gasteiger partial charge in [-0.15, -0.1) is 0 Å². The van der Waals surface area contributed by atoms with Crippen LogP contribution in [0.15, 0.2) is 60.8 Å². The van der Waals surface area contributed by atoms with Crippen LogP contribution in [0.2, 0.25) is 0 Å². The first-order chi connectivity index (χ1) is 20.4. The quantitative estimate of drug-likeness (QED) is 0.135. The number of pyridine rings is 1. The zero-order valence-electron chi connectivity index (χ0n) is 24.8. The first-order valence-electron chi connectivity index (χ1n) is 15.0. The Labute approximate surface area is 248 Å². The number of nitrogens with one attached hydrogen (secondary N) is 1. The fourth-order valence-electron chi connectivity index (χ4n) is 5.51. The van der Waals surface area contributed by atoms with E-state index < -0.39 is 0 Å². The van der Waals surface area contributed by atoms with Gasteiger partial charge >= 0.3 is 0 Å². The van der Waals surface area contributed by atoms with Crippen molar-refractivity contribution in [3.05, 3.63) is 94.2 Å². The predicted octanol–water partition coefficient (Wildman–Crippen LogP) is 7.01. The number of aliphatic hydroxyl groups is 1. The van der Waals surface area contributed by atoms with Crippen LogP contribution in [0.4, 0.5) is 0 Å². The first kappa shape index (κ1) is 29.5. The number of aryl methyl sites for hydroxylation is 3. The lowest BCUT2D eigenvalue weighted by Crippen LogP contribution is -2.25. The highest BCUT2D eigenvalue weighted by Gasteiger charge is 2.27. The Bertz CT molecular complexity index is 1590. The van der Waals surface area contributed by atoms with Crippen LogP contribution in [0.25, 0.3) is 22.0 Å². The van der Waals surface area contributed by atoms with E-state index in [1.807, 2.05) is 55.5 Å². The molecule has 0 bridgehead atoms. The Morgan fingerprint density at radius 2 is 1.76 bits per heavy atom. The molecule has 0 atom stereocenters. The normalized spacial score (nSPS) is 12.9. The van der Waals surface area contributed by atoms with Crippen LogP contribution in [0.5, 0.6) is 5.75 Å². The third-order valence-corrected chi connectivity index (χ3v) is 8.24. The third kappa shape index (κ3) is 6.71. The summed E-state index contributed by atoms with van der Waals surface area (Å²) < 4.78 is 5.81. The van der Waals surface area contributed by atoms with E-state index in [4.69, 9.17) is 9.72 Å². The molecule has 5 rings (SSSR count). The number of carbonyl (C=O) groups is 2. The van der Waals surface area contributed by atoms with Crippen LogP contribution < -0.4 is 10.1 Å². The highest BCUT2D eigenvalue weighted by molar-refractivity contribution is 6.03. The summed E-state index contributed by atoms with van der Waals surface area (Å²) in [6.45, 7) is 4.74. The fourth-order valence-corrected chi connectivity index (χ4v) is 5.51. The second kappa shape index (κ2) is 13.3. The summed E-state index contributed by atoms with van der Waals surface area (Å²) in [5.41, 5.74) is 7.91. The fraction of sp³-hybridized carbons (Fsp3) is 0.361. The molecule has 1 aliphatic rings. The summed E-state index contributed by atoms with van der Waals surface area (Å²) in [5, 5.41) is 13.4. The molecule has 1 aliphatic carbocycles.